The second-order valence-corrected chi connectivity index (χ2v) is 23.1. The Bertz CT molecular complexity index is 5660. The number of anilines is 6. The average molecular weight is 1120 g/mol. The van der Waals surface area contributed by atoms with Crippen molar-refractivity contribution in [2.75, 3.05) is 9.80 Å². The van der Waals surface area contributed by atoms with E-state index < -0.39 is 0 Å². The smallest absolute Gasteiger partial charge is 0.160 e. The lowest BCUT2D eigenvalue weighted by Gasteiger charge is -2.28. The zero-order chi connectivity index (χ0) is 57.2. The molecule has 7 heteroatoms. The van der Waals surface area contributed by atoms with Crippen molar-refractivity contribution in [2.24, 2.45) is 0 Å². The summed E-state index contributed by atoms with van der Waals surface area (Å²) in [5.41, 5.74) is 21.8. The van der Waals surface area contributed by atoms with E-state index in [-0.39, 0.29) is 0 Å². The molecule has 87 heavy (non-hydrogen) atoms. The predicted octanol–water partition coefficient (Wildman–Crippen LogP) is 23.3. The molecule has 19 rings (SSSR count). The van der Waals surface area contributed by atoms with Gasteiger partial charge in [-0.2, -0.15) is 0 Å². The lowest BCUT2D eigenvalue weighted by Crippen LogP contribution is -2.12. The second kappa shape index (κ2) is 18.0. The Balaban J connectivity index is 0.979. The number of benzene rings is 13. The van der Waals surface area contributed by atoms with Crippen molar-refractivity contribution in [3.63, 3.8) is 0 Å². The van der Waals surface area contributed by atoms with E-state index in [0.717, 1.165) is 193 Å². The highest BCUT2D eigenvalue weighted by molar-refractivity contribution is 6.36. The van der Waals surface area contributed by atoms with Gasteiger partial charge in [0.2, 0.25) is 0 Å². The van der Waals surface area contributed by atoms with Crippen molar-refractivity contribution in [1.82, 2.24) is 4.40 Å². The summed E-state index contributed by atoms with van der Waals surface area (Å²) in [4.78, 5) is 4.88. The van der Waals surface area contributed by atoms with E-state index in [1.54, 1.807) is 0 Å². The Labute approximate surface area is 497 Å². The molecule has 7 nitrogen and oxygen atoms in total. The van der Waals surface area contributed by atoms with E-state index in [1.165, 1.54) is 0 Å². The van der Waals surface area contributed by atoms with Gasteiger partial charge in [-0.25, -0.2) is 0 Å². The van der Waals surface area contributed by atoms with Crippen LogP contribution in [0.1, 0.15) is 11.1 Å². The van der Waals surface area contributed by atoms with Crippen LogP contribution >= 0.6 is 0 Å². The summed E-state index contributed by atoms with van der Waals surface area (Å²) in [7, 11) is 0. The average Bonchev–Trinajstić information content (AvgIpc) is 1.52. The van der Waals surface area contributed by atoms with Crippen molar-refractivity contribution >= 4 is 160 Å². The number of hydrogen-bond donors (Lipinski definition) is 0. The summed E-state index contributed by atoms with van der Waals surface area (Å²) in [6.45, 7) is 4.40. The quantitative estimate of drug-likeness (QED) is 0.151. The molecule has 0 saturated heterocycles. The summed E-state index contributed by atoms with van der Waals surface area (Å²) in [6, 6.07) is 92.9. The Morgan fingerprint density at radius 1 is 0.276 bits per heavy atom. The van der Waals surface area contributed by atoms with Crippen LogP contribution in [-0.4, -0.2) is 4.40 Å². The SMILES string of the molecule is Cc1ccc2c(oc3c(-c4ccccc4)cccc32)c1N(c1ccccc1)c1cc2c3ccccc3oc2c2c1c1cccc3c4c(N(c5ccccc5)c5c(C)ccc6c5oc5c(-c7ccccc7)cccc56)cc5c6ccccc6oc5c4n2c13. The van der Waals surface area contributed by atoms with E-state index in [9.17, 15) is 0 Å². The third-order valence-electron chi connectivity index (χ3n) is 18.3. The Morgan fingerprint density at radius 2 is 0.644 bits per heavy atom. The fourth-order valence-electron chi connectivity index (χ4n) is 14.6. The standard InChI is InChI=1S/C80H49N3O4/c1-46-40-42-58-56-34-19-32-52(48-22-7-3-8-23-48)75(56)86-77(58)70(46)81(50-26-11-5-12-27-50)64-44-62-54-30-15-17-38-66(54)84-79(62)73-68(64)60-36-21-37-61-69-65(45-63-55-31-16-18-39-67(55)85-80(63)74(69)83(73)72(60)61)82(51-28-13-6-14-29-51)71-47(2)41-43-59-57-35-20-33-53(76(57)87-78(59)71)49-24-9-4-10-25-49/h3-45H,1-2H3. The number of aryl methyl sites for hydroxylation is 2. The molecule has 0 radical (unpaired) electrons. The van der Waals surface area contributed by atoms with Crippen molar-refractivity contribution in [2.45, 2.75) is 13.8 Å². The highest BCUT2D eigenvalue weighted by Gasteiger charge is 2.34. The maximum atomic E-state index is 7.37. The third kappa shape index (κ3) is 6.65. The Hall–Kier alpha value is -11.5. The lowest BCUT2D eigenvalue weighted by atomic mass is 9.99. The van der Waals surface area contributed by atoms with Crippen LogP contribution in [0.4, 0.5) is 34.1 Å². The predicted molar refractivity (Wildman–Crippen MR) is 360 cm³/mol. The monoisotopic (exact) mass is 1120 g/mol. The van der Waals surface area contributed by atoms with Gasteiger partial charge < -0.3 is 31.9 Å². The fraction of sp³-hybridized carbons (Fsp3) is 0.0250. The number of aromatic nitrogens is 1. The van der Waals surface area contributed by atoms with Gasteiger partial charge in [0.15, 0.2) is 22.3 Å². The molecule has 6 aromatic heterocycles. The van der Waals surface area contributed by atoms with E-state index in [1.807, 2.05) is 0 Å². The first-order chi connectivity index (χ1) is 43.0. The van der Waals surface area contributed by atoms with Crippen LogP contribution in [0.2, 0.25) is 0 Å². The molecular formula is C80H49N3O4. The summed E-state index contributed by atoms with van der Waals surface area (Å²) < 4.78 is 31.9. The normalized spacial score (nSPS) is 12.3. The third-order valence-corrected chi connectivity index (χ3v) is 18.3. The maximum absolute atomic E-state index is 7.37. The summed E-state index contributed by atoms with van der Waals surface area (Å²) in [5.74, 6) is 0. The molecule has 0 saturated carbocycles. The summed E-state index contributed by atoms with van der Waals surface area (Å²) in [5, 5.41) is 12.5. The zero-order valence-electron chi connectivity index (χ0n) is 47.3. The molecule has 19 aromatic rings. The van der Waals surface area contributed by atoms with E-state index in [4.69, 9.17) is 17.7 Å². The van der Waals surface area contributed by atoms with Crippen molar-refractivity contribution in [3.05, 3.63) is 272 Å². The number of nitrogens with zero attached hydrogens (tertiary/aromatic N) is 3. The summed E-state index contributed by atoms with van der Waals surface area (Å²) >= 11 is 0. The van der Waals surface area contributed by atoms with E-state index in [0.29, 0.717) is 0 Å². The maximum Gasteiger partial charge on any atom is 0.160 e. The largest absolute Gasteiger partial charge is 0.454 e. The van der Waals surface area contributed by atoms with Gasteiger partial charge in [-0.05, 0) is 84.6 Å². The Kier molecular flexibility index (Phi) is 9.90. The summed E-state index contributed by atoms with van der Waals surface area (Å²) in [6.07, 6.45) is 0. The van der Waals surface area contributed by atoms with Crippen LogP contribution in [0.15, 0.2) is 279 Å². The second-order valence-electron chi connectivity index (χ2n) is 23.1. The van der Waals surface area contributed by atoms with Gasteiger partial charge in [0.05, 0.1) is 28.3 Å². The molecule has 13 aromatic carbocycles. The van der Waals surface area contributed by atoms with Gasteiger partial charge in [-0.3, -0.25) is 0 Å². The molecule has 408 valence electrons. The minimum Gasteiger partial charge on any atom is -0.454 e. The molecule has 0 atom stereocenters. The van der Waals surface area contributed by atoms with Crippen LogP contribution in [-0.2, 0) is 0 Å². The van der Waals surface area contributed by atoms with E-state index in [2.05, 4.69) is 289 Å². The zero-order valence-corrected chi connectivity index (χ0v) is 47.3. The first-order valence-corrected chi connectivity index (χ1v) is 29.7. The van der Waals surface area contributed by atoms with Gasteiger partial charge in [-0.15, -0.1) is 0 Å². The Morgan fingerprint density at radius 3 is 1.09 bits per heavy atom. The van der Waals surface area contributed by atoms with Crippen LogP contribution < -0.4 is 9.80 Å². The van der Waals surface area contributed by atoms with Crippen LogP contribution in [0.3, 0.4) is 0 Å². The first kappa shape index (κ1) is 47.9. The van der Waals surface area contributed by atoms with Crippen LogP contribution in [0.5, 0.6) is 0 Å². The number of furan rings is 4. The molecule has 0 fully saturated rings. The molecular weight excluding hydrogens is 1070 g/mol. The van der Waals surface area contributed by atoms with Gasteiger partial charge >= 0.3 is 0 Å². The molecule has 6 heterocycles. The molecule has 0 N–H and O–H groups in total. The number of fused-ring (bicyclic) bond motifs is 20. The van der Waals surface area contributed by atoms with Crippen molar-refractivity contribution in [1.29, 1.82) is 0 Å². The lowest BCUT2D eigenvalue weighted by molar-refractivity contribution is 0.669. The van der Waals surface area contributed by atoms with Crippen molar-refractivity contribution < 1.29 is 17.7 Å². The molecule has 0 unspecified atom stereocenters. The minimum absolute atomic E-state index is 0.788. The van der Waals surface area contributed by atoms with Gasteiger partial charge in [0.25, 0.3) is 0 Å². The molecule has 0 aliphatic heterocycles. The fourth-order valence-corrected chi connectivity index (χ4v) is 14.6. The highest BCUT2D eigenvalue weighted by Crippen LogP contribution is 2.57. The molecule has 0 spiro atoms. The van der Waals surface area contributed by atoms with Crippen LogP contribution in [0.25, 0.3) is 148 Å². The van der Waals surface area contributed by atoms with E-state index >= 15 is 0 Å². The molecule has 0 amide bonds. The number of para-hydroxylation sites is 7. The van der Waals surface area contributed by atoms with Gasteiger partial charge in [0.1, 0.15) is 33.4 Å². The van der Waals surface area contributed by atoms with Crippen molar-refractivity contribution in [3.8, 4) is 22.3 Å². The molecule has 0 aliphatic rings. The first-order valence-electron chi connectivity index (χ1n) is 29.7. The number of rotatable bonds is 8. The van der Waals surface area contributed by atoms with Gasteiger partial charge in [-0.1, -0.05) is 212 Å². The topological polar surface area (TPSA) is 63.5 Å². The highest BCUT2D eigenvalue weighted by atomic mass is 16.3. The minimum atomic E-state index is 0.788. The molecule has 0 aliphatic carbocycles. The molecule has 0 bridgehead atoms. The van der Waals surface area contributed by atoms with Gasteiger partial charge in [0, 0.05) is 87.1 Å². The van der Waals surface area contributed by atoms with Crippen LogP contribution in [0, 0.1) is 13.8 Å². The number of hydrogen-bond acceptors (Lipinski definition) is 6.